The number of aromatic carboxylic acids is 1. The topological polar surface area (TPSA) is 195 Å². The number of nitrogens with zero attached hydrogens (tertiary/aromatic N) is 2. The number of carboxylic acids is 2. The summed E-state index contributed by atoms with van der Waals surface area (Å²) in [6.07, 6.45) is -0.260. The Morgan fingerprint density at radius 1 is 0.855 bits per heavy atom. The standard InChI is InChI=1S/C21H18F4N2O4S.C8H8FNO2.C7H6FNO2/c1-11-14(15-7-13(22)3-4-18(15)27(11)9-20(28)29)5-12-6-16-19(8-17(12)23)32(30,31)26(2)10-21(16,24)25;1-12-8(11)6-3-2-5(10)4-7(6)9;8-6-3-4(9)1-2-5(6)7(10)11/h3-4,6-8H,5,9-10H2,1-2H3,(H,28,29);2-4H,10H2,1H3;1-3H,9H2,(H,10,11). The number of aliphatic carboxylic acids is 1. The van der Waals surface area contributed by atoms with E-state index in [2.05, 4.69) is 4.74 Å². The number of halogens is 6. The highest BCUT2D eigenvalue weighted by atomic mass is 32.2. The van der Waals surface area contributed by atoms with E-state index < -0.39 is 80.7 Å². The molecular formula is C36H32F6N4O8S. The van der Waals surface area contributed by atoms with E-state index in [1.54, 1.807) is 6.92 Å². The van der Waals surface area contributed by atoms with Crippen molar-refractivity contribution in [3.05, 3.63) is 124 Å². The molecule has 1 aliphatic heterocycles. The number of likely N-dealkylation sites (N-methyl/N-ethyl adjacent to an activating group) is 1. The van der Waals surface area contributed by atoms with Gasteiger partial charge < -0.3 is 31.0 Å². The van der Waals surface area contributed by atoms with E-state index in [1.807, 2.05) is 0 Å². The molecule has 1 aromatic heterocycles. The molecule has 4 aromatic carbocycles. The van der Waals surface area contributed by atoms with E-state index in [1.165, 1.54) is 42.0 Å². The minimum absolute atomic E-state index is 0.105. The maximum atomic E-state index is 14.9. The van der Waals surface area contributed by atoms with Crippen LogP contribution in [0.2, 0.25) is 0 Å². The molecule has 2 heterocycles. The average molecular weight is 795 g/mol. The summed E-state index contributed by atoms with van der Waals surface area (Å²) in [5.41, 5.74) is 10.7. The number of hydrogen-bond acceptors (Lipinski definition) is 8. The minimum atomic E-state index is -4.27. The van der Waals surface area contributed by atoms with Crippen LogP contribution in [0.25, 0.3) is 10.9 Å². The van der Waals surface area contributed by atoms with Crippen LogP contribution >= 0.6 is 0 Å². The maximum absolute atomic E-state index is 14.9. The Balaban J connectivity index is 0.000000238. The van der Waals surface area contributed by atoms with Crippen LogP contribution in [0.4, 0.5) is 37.7 Å². The largest absolute Gasteiger partial charge is 0.480 e. The number of fused-ring (bicyclic) bond motifs is 2. The van der Waals surface area contributed by atoms with Crippen LogP contribution < -0.4 is 11.5 Å². The first-order valence-electron chi connectivity index (χ1n) is 15.7. The first kappa shape index (κ1) is 41.7. The number of nitrogens with two attached hydrogens (primary N) is 2. The lowest BCUT2D eigenvalue weighted by molar-refractivity contribution is -0.137. The molecule has 0 atom stereocenters. The average Bonchev–Trinajstić information content (AvgIpc) is 3.32. The van der Waals surface area contributed by atoms with Gasteiger partial charge in [-0.05, 0) is 84.8 Å². The fraction of sp³-hybridized carbons (Fsp3) is 0.194. The second-order valence-corrected chi connectivity index (χ2v) is 14.1. The lowest BCUT2D eigenvalue weighted by Crippen LogP contribution is -2.43. The number of aromatic nitrogens is 1. The van der Waals surface area contributed by atoms with E-state index in [0.29, 0.717) is 32.5 Å². The zero-order valence-electron chi connectivity index (χ0n) is 29.0. The number of ether oxygens (including phenoxy) is 1. The van der Waals surface area contributed by atoms with E-state index >= 15 is 0 Å². The second-order valence-electron chi connectivity index (χ2n) is 12.1. The van der Waals surface area contributed by atoms with Gasteiger partial charge >= 0.3 is 17.9 Å². The summed E-state index contributed by atoms with van der Waals surface area (Å²) in [5, 5.41) is 17.9. The Hall–Kier alpha value is -6.08. The fourth-order valence-corrected chi connectivity index (χ4v) is 7.05. The van der Waals surface area contributed by atoms with Crippen molar-refractivity contribution in [2.75, 3.05) is 32.2 Å². The maximum Gasteiger partial charge on any atom is 0.340 e. The molecule has 0 saturated carbocycles. The van der Waals surface area contributed by atoms with Gasteiger partial charge in [-0.15, -0.1) is 0 Å². The highest BCUT2D eigenvalue weighted by Gasteiger charge is 2.47. The highest BCUT2D eigenvalue weighted by Crippen LogP contribution is 2.41. The first-order chi connectivity index (χ1) is 25.6. The predicted molar refractivity (Wildman–Crippen MR) is 187 cm³/mol. The van der Waals surface area contributed by atoms with Crippen molar-refractivity contribution in [2.24, 2.45) is 0 Å². The number of nitrogen functional groups attached to an aromatic ring is 2. The third-order valence-electron chi connectivity index (χ3n) is 8.35. The number of alkyl halides is 2. The van der Waals surface area contributed by atoms with Gasteiger partial charge in [0.1, 0.15) is 29.8 Å². The molecule has 6 N–H and O–H groups in total. The molecule has 5 aromatic rings. The van der Waals surface area contributed by atoms with Crippen molar-refractivity contribution in [3.63, 3.8) is 0 Å². The van der Waals surface area contributed by atoms with Gasteiger partial charge in [0.05, 0.1) is 29.7 Å². The Labute approximate surface area is 309 Å². The van der Waals surface area contributed by atoms with E-state index in [4.69, 9.17) is 16.6 Å². The molecule has 0 aliphatic carbocycles. The van der Waals surface area contributed by atoms with Gasteiger partial charge in [0, 0.05) is 47.0 Å². The summed E-state index contributed by atoms with van der Waals surface area (Å²) in [6, 6.07) is 12.4. The summed E-state index contributed by atoms with van der Waals surface area (Å²) in [6.45, 7) is 0.0688. The molecule has 0 fully saturated rings. The first-order valence-corrected chi connectivity index (χ1v) is 17.1. The van der Waals surface area contributed by atoms with Crippen molar-refractivity contribution >= 4 is 50.2 Å². The molecule has 1 aliphatic rings. The van der Waals surface area contributed by atoms with Crippen molar-refractivity contribution in [1.82, 2.24) is 8.87 Å². The smallest absolute Gasteiger partial charge is 0.340 e. The quantitative estimate of drug-likeness (QED) is 0.0909. The summed E-state index contributed by atoms with van der Waals surface area (Å²) in [7, 11) is -2.08. The lowest BCUT2D eigenvalue weighted by atomic mass is 9.97. The van der Waals surface area contributed by atoms with Gasteiger partial charge in [-0.2, -0.15) is 13.1 Å². The monoisotopic (exact) mass is 794 g/mol. The van der Waals surface area contributed by atoms with Crippen LogP contribution in [-0.2, 0) is 38.4 Å². The number of sulfonamides is 1. The molecule has 6 rings (SSSR count). The van der Waals surface area contributed by atoms with E-state index in [9.17, 15) is 54.3 Å². The number of anilines is 2. The van der Waals surface area contributed by atoms with Crippen molar-refractivity contribution in [3.8, 4) is 0 Å². The molecule has 0 radical (unpaired) electrons. The molecule has 0 spiro atoms. The molecule has 0 saturated heterocycles. The zero-order chi connectivity index (χ0) is 41.2. The molecule has 55 heavy (non-hydrogen) atoms. The summed E-state index contributed by atoms with van der Waals surface area (Å²) >= 11 is 0. The Morgan fingerprint density at radius 3 is 1.96 bits per heavy atom. The van der Waals surface area contributed by atoms with Crippen LogP contribution in [0.15, 0.2) is 71.6 Å². The normalized spacial score (nSPS) is 14.1. The van der Waals surface area contributed by atoms with Crippen molar-refractivity contribution in [2.45, 2.75) is 30.7 Å². The minimum Gasteiger partial charge on any atom is -0.480 e. The van der Waals surface area contributed by atoms with Crippen LogP contribution in [0.5, 0.6) is 0 Å². The number of carbonyl (C=O) groups excluding carboxylic acids is 1. The molecule has 292 valence electrons. The van der Waals surface area contributed by atoms with E-state index in [0.717, 1.165) is 37.4 Å². The SMILES string of the molecule is COC(=O)c1ccc(N)cc1F.Cc1c(Cc2cc3c(cc2F)S(=O)(=O)N(C)CC3(F)F)c2cc(F)ccc2n1CC(=O)O.Nc1ccc(C(=O)O)c(F)c1. The third-order valence-corrected chi connectivity index (χ3v) is 10.2. The highest BCUT2D eigenvalue weighted by molar-refractivity contribution is 7.89. The number of hydrogen-bond donors (Lipinski definition) is 4. The summed E-state index contributed by atoms with van der Waals surface area (Å²) in [4.78, 5) is 31.6. The van der Waals surface area contributed by atoms with Crippen molar-refractivity contribution < 1.29 is 64.1 Å². The number of rotatable bonds is 6. The van der Waals surface area contributed by atoms with Gasteiger partial charge in [0.25, 0.3) is 5.92 Å². The van der Waals surface area contributed by atoms with Crippen LogP contribution in [0.1, 0.15) is 43.1 Å². The van der Waals surface area contributed by atoms with Crippen LogP contribution in [0.3, 0.4) is 0 Å². The van der Waals surface area contributed by atoms with Gasteiger partial charge in [0.2, 0.25) is 10.0 Å². The number of carboxylic acid groups (broad SMARTS) is 2. The van der Waals surface area contributed by atoms with Gasteiger partial charge in [0.15, 0.2) is 0 Å². The molecular weight excluding hydrogens is 762 g/mol. The van der Waals surface area contributed by atoms with Crippen LogP contribution in [-0.4, -0.2) is 66.1 Å². The van der Waals surface area contributed by atoms with Crippen LogP contribution in [0, 0.1) is 30.2 Å². The Morgan fingerprint density at radius 2 is 1.44 bits per heavy atom. The Bertz CT molecular complexity index is 2440. The molecule has 19 heteroatoms. The Kier molecular flexibility index (Phi) is 12.2. The number of esters is 1. The number of carbonyl (C=O) groups is 3. The second kappa shape index (κ2) is 16.1. The molecule has 0 bridgehead atoms. The fourth-order valence-electron chi connectivity index (χ4n) is 5.64. The van der Waals surface area contributed by atoms with Crippen molar-refractivity contribution in [1.29, 1.82) is 0 Å². The molecule has 0 unspecified atom stereocenters. The van der Waals surface area contributed by atoms with Gasteiger partial charge in [-0.1, -0.05) is 0 Å². The summed E-state index contributed by atoms with van der Waals surface area (Å²) in [5.74, 6) is -9.74. The zero-order valence-corrected chi connectivity index (χ0v) is 29.9. The van der Waals surface area contributed by atoms with Gasteiger partial charge in [-0.3, -0.25) is 4.79 Å². The number of benzene rings is 4. The predicted octanol–water partition coefficient (Wildman–Crippen LogP) is 5.93. The lowest BCUT2D eigenvalue weighted by Gasteiger charge is -2.31. The molecule has 12 nitrogen and oxygen atoms in total. The van der Waals surface area contributed by atoms with E-state index in [-0.39, 0.29) is 34.5 Å². The molecule has 0 amide bonds. The van der Waals surface area contributed by atoms with Gasteiger partial charge in [-0.25, -0.2) is 35.6 Å². The number of methoxy groups -OCH3 is 1. The third kappa shape index (κ3) is 9.01. The summed E-state index contributed by atoms with van der Waals surface area (Å²) < 4.78 is 115.